The number of Topliss-reactive ketones (excluding diaryl/α,β-unsaturated/α-hetero) is 5. The van der Waals surface area contributed by atoms with Crippen molar-refractivity contribution in [1.82, 2.24) is 45.8 Å². The number of amides is 5. The number of aromatic amines is 5. The molecule has 0 bridgehead atoms. The summed E-state index contributed by atoms with van der Waals surface area (Å²) in [6.07, 6.45) is 11.4. The van der Waals surface area contributed by atoms with Crippen molar-refractivity contribution in [3.63, 3.8) is 0 Å². The lowest BCUT2D eigenvalue weighted by Gasteiger charge is -2.28. The summed E-state index contributed by atoms with van der Waals surface area (Å²) in [5, 5.41) is 40.5. The van der Waals surface area contributed by atoms with Crippen LogP contribution >= 0.6 is 0 Å². The third-order valence-electron chi connectivity index (χ3n) is 20.4. The number of likely N-dealkylation sites (N-methyl/N-ethyl adjacent to an activating group) is 1. The second kappa shape index (κ2) is 40.0. The standard InChI is InChI=1S/C19H24N2O4.C18H22N2O4.C17H23N3O2.C17H20N2O4.C16H21N3O2/c1-12(22)21(4)16(17(23)10-19(2,3)18(24)25)9-13-11-20-15-8-6-5-7-14(13)15;1-11(21)20-15(16(22)9-18(2,3)17(23)24)8-12-10-19-14-7-5-4-6-13(12)14;1-17(2,16(22)19-3)9-15(21)13(18)8-11-10-20-14-7-5-4-6-12(11)14;1-17(2,16(22)23)8-15(21)14(19-10-20)7-11-9-18-13-6-4-3-5-12(11)13;1-16(2,15(18)21)8-14(20)12(17)7-10-9-19-13-6-4-3-5-11(10)13/h5-8,11,16,20H,9-10H2,1-4H3,(H,24,25);4-7,10,15,19H,8-9H2,1-3H3,(H,20,21)(H,23,24);4-7,10,13,20H,8-9,18H2,1-3H3,(H,19,22);3-6,9-10,14,18H,7-8H2,1-2H3,(H,19,20)(H,22,23);3-6,9,12,19H,7-8,17H2,1-2H3,(H2,18,21). The molecule has 115 heavy (non-hydrogen) atoms. The number of carbonyl (C=O) groups is 13. The van der Waals surface area contributed by atoms with E-state index < -0.39 is 81.1 Å². The Morgan fingerprint density at radius 1 is 0.409 bits per heavy atom. The van der Waals surface area contributed by atoms with Crippen LogP contribution in [-0.2, 0) is 94.4 Å². The van der Waals surface area contributed by atoms with Crippen LogP contribution in [0, 0.1) is 27.1 Å². The van der Waals surface area contributed by atoms with E-state index in [4.69, 9.17) is 22.3 Å². The van der Waals surface area contributed by atoms with Crippen molar-refractivity contribution in [3.8, 4) is 0 Å². The highest BCUT2D eigenvalue weighted by Crippen LogP contribution is 2.31. The van der Waals surface area contributed by atoms with Gasteiger partial charge in [0.2, 0.25) is 30.0 Å². The lowest BCUT2D eigenvalue weighted by atomic mass is 9.84. The number of ketones is 5. The number of carboxylic acid groups (broad SMARTS) is 3. The third-order valence-corrected chi connectivity index (χ3v) is 20.4. The highest BCUT2D eigenvalue weighted by molar-refractivity contribution is 5.97. The van der Waals surface area contributed by atoms with Gasteiger partial charge in [-0.1, -0.05) is 119 Å². The first-order valence-electron chi connectivity index (χ1n) is 37.7. The fourth-order valence-electron chi connectivity index (χ4n) is 12.9. The molecule has 0 aliphatic carbocycles. The molecular weight excluding hydrogens is 1470 g/mol. The van der Waals surface area contributed by atoms with Gasteiger partial charge in [0.25, 0.3) is 0 Å². The molecule has 614 valence electrons. The molecule has 0 fully saturated rings. The van der Waals surface area contributed by atoms with Gasteiger partial charge in [0.05, 0.1) is 57.3 Å². The van der Waals surface area contributed by atoms with Crippen molar-refractivity contribution in [2.45, 2.75) is 178 Å². The van der Waals surface area contributed by atoms with Gasteiger partial charge < -0.3 is 78.3 Å². The Labute approximate surface area is 667 Å². The van der Waals surface area contributed by atoms with Crippen LogP contribution in [0.3, 0.4) is 0 Å². The smallest absolute Gasteiger partial charge is 0.309 e. The average Bonchev–Trinajstić information content (AvgIpc) is 1.75. The van der Waals surface area contributed by atoms with Gasteiger partial charge in [0.15, 0.2) is 28.9 Å². The van der Waals surface area contributed by atoms with Gasteiger partial charge in [-0.25, -0.2) is 0 Å². The normalized spacial score (nSPS) is 12.9. The SMILES string of the molecule is CC(=O)N(C)C(Cc1c[nH]c2ccccc12)C(=O)CC(C)(C)C(=O)O.CC(=O)NC(Cc1c[nH]c2ccccc12)C(=O)CC(C)(C)C(=O)O.CC(C)(CC(=O)C(Cc1c[nH]c2ccccc12)NC=O)C(=O)O.CC(C)(CC(=O)C(N)Cc1c[nH]c2ccccc12)C(N)=O.CNC(=O)C(C)(C)CC(=O)C(N)Cc1c[nH]c2ccccc12. The number of hydrogen-bond acceptors (Lipinski definition) is 15. The van der Waals surface area contributed by atoms with Gasteiger partial charge in [-0.05, 0) is 113 Å². The van der Waals surface area contributed by atoms with E-state index in [2.05, 4.69) is 40.9 Å². The molecule has 0 aliphatic heterocycles. The molecule has 5 unspecified atom stereocenters. The molecule has 5 atom stereocenters. The Balaban J connectivity index is 0.000000224. The summed E-state index contributed by atoms with van der Waals surface area (Å²) in [6.45, 7) is 18.6. The molecule has 10 rings (SSSR count). The van der Waals surface area contributed by atoms with Crippen LogP contribution in [0.25, 0.3) is 54.5 Å². The molecule has 0 saturated carbocycles. The van der Waals surface area contributed by atoms with Crippen LogP contribution in [-0.4, -0.2) is 166 Å². The number of carbonyl (C=O) groups excluding carboxylic acids is 10. The lowest BCUT2D eigenvalue weighted by molar-refractivity contribution is -0.150. The summed E-state index contributed by atoms with van der Waals surface area (Å²) in [5.74, 6) is -5.39. The van der Waals surface area contributed by atoms with Crippen molar-refractivity contribution in [2.24, 2.45) is 44.3 Å². The topological polar surface area (TPSA) is 479 Å². The van der Waals surface area contributed by atoms with E-state index in [0.29, 0.717) is 38.5 Å². The molecule has 5 aromatic carbocycles. The molecule has 0 aliphatic rings. The number of carboxylic acids is 3. The van der Waals surface area contributed by atoms with Crippen molar-refractivity contribution in [1.29, 1.82) is 0 Å². The number of nitrogens with zero attached hydrogens (tertiary/aromatic N) is 1. The molecule has 5 amide bonds. The Hall–Kier alpha value is -12.2. The quantitative estimate of drug-likeness (QED) is 0.0167. The first-order chi connectivity index (χ1) is 53.8. The number of rotatable bonds is 34. The van der Waals surface area contributed by atoms with Crippen molar-refractivity contribution < 1.29 is 77.6 Å². The predicted octanol–water partition coefficient (Wildman–Crippen LogP) is 10.1. The van der Waals surface area contributed by atoms with Gasteiger partial charge >= 0.3 is 17.9 Å². The molecule has 28 heteroatoms. The fraction of sp³-hybridized carbons (Fsp3) is 0.391. The minimum absolute atomic E-state index is 0.0614. The average molecular weight is 1580 g/mol. The number of aromatic nitrogens is 5. The van der Waals surface area contributed by atoms with Crippen LogP contribution in [0.2, 0.25) is 0 Å². The molecule has 28 nitrogen and oxygen atoms in total. The molecule has 0 saturated heterocycles. The summed E-state index contributed by atoms with van der Waals surface area (Å²) in [4.78, 5) is 170. The van der Waals surface area contributed by atoms with Crippen LogP contribution in [0.1, 0.15) is 143 Å². The highest BCUT2D eigenvalue weighted by Gasteiger charge is 2.38. The highest BCUT2D eigenvalue weighted by atomic mass is 16.4. The zero-order chi connectivity index (χ0) is 85.7. The van der Waals surface area contributed by atoms with E-state index in [-0.39, 0.29) is 78.7 Å². The number of hydrogen-bond donors (Lipinski definition) is 14. The zero-order valence-electron chi connectivity index (χ0n) is 67.8. The number of fused-ring (bicyclic) bond motifs is 5. The summed E-state index contributed by atoms with van der Waals surface area (Å²) in [7, 11) is 3.15. The first kappa shape index (κ1) is 91.7. The van der Waals surface area contributed by atoms with Gasteiger partial charge in [-0.2, -0.15) is 0 Å². The molecule has 0 spiro atoms. The van der Waals surface area contributed by atoms with E-state index in [9.17, 15) is 72.5 Å². The van der Waals surface area contributed by atoms with Crippen LogP contribution < -0.4 is 33.2 Å². The van der Waals surface area contributed by atoms with Crippen LogP contribution in [0.15, 0.2) is 152 Å². The van der Waals surface area contributed by atoms with Crippen molar-refractivity contribution >= 4 is 131 Å². The van der Waals surface area contributed by atoms with Crippen LogP contribution in [0.5, 0.6) is 0 Å². The van der Waals surface area contributed by atoms with Gasteiger partial charge in [0.1, 0.15) is 0 Å². The molecular formula is C87H110N12O16. The molecule has 5 aromatic heterocycles. The van der Waals surface area contributed by atoms with Gasteiger partial charge in [0, 0.05) is 165 Å². The van der Waals surface area contributed by atoms with E-state index in [1.165, 1.54) is 60.3 Å². The number of nitrogens with two attached hydrogens (primary N) is 3. The molecule has 5 heterocycles. The second-order valence-electron chi connectivity index (χ2n) is 32.3. The first-order valence-corrected chi connectivity index (χ1v) is 37.7. The number of para-hydroxylation sites is 5. The van der Waals surface area contributed by atoms with Crippen molar-refractivity contribution in [2.75, 3.05) is 14.1 Å². The van der Waals surface area contributed by atoms with Crippen LogP contribution in [0.4, 0.5) is 0 Å². The maximum absolute atomic E-state index is 12.8. The minimum atomic E-state index is -1.17. The van der Waals surface area contributed by atoms with E-state index >= 15 is 0 Å². The Kier molecular flexibility index (Phi) is 31.9. The monoisotopic (exact) mass is 1580 g/mol. The summed E-state index contributed by atoms with van der Waals surface area (Å²) in [6, 6.07) is 35.4. The van der Waals surface area contributed by atoms with E-state index in [1.807, 2.05) is 146 Å². The molecule has 17 N–H and O–H groups in total. The third kappa shape index (κ3) is 25.4. The second-order valence-corrected chi connectivity index (χ2v) is 32.3. The Bertz CT molecular complexity index is 5140. The van der Waals surface area contributed by atoms with E-state index in [0.717, 1.165) is 82.3 Å². The number of aliphatic carboxylic acids is 3. The number of H-pyrrole nitrogens is 5. The molecule has 0 radical (unpaired) electrons. The fourth-order valence-corrected chi connectivity index (χ4v) is 12.9. The maximum Gasteiger partial charge on any atom is 0.309 e. The minimum Gasteiger partial charge on any atom is -0.481 e. The van der Waals surface area contributed by atoms with E-state index in [1.54, 1.807) is 48.0 Å². The summed E-state index contributed by atoms with van der Waals surface area (Å²) in [5.41, 5.74) is 21.9. The Morgan fingerprint density at radius 2 is 0.687 bits per heavy atom. The number of benzene rings is 5. The van der Waals surface area contributed by atoms with Crippen molar-refractivity contribution in [3.05, 3.63) is 180 Å². The lowest BCUT2D eigenvalue weighted by Crippen LogP contribution is -2.45. The Morgan fingerprint density at radius 3 is 0.983 bits per heavy atom. The molecule has 10 aromatic rings. The maximum atomic E-state index is 12.8. The number of primary amides is 1. The summed E-state index contributed by atoms with van der Waals surface area (Å²) >= 11 is 0. The largest absolute Gasteiger partial charge is 0.481 e. The van der Waals surface area contributed by atoms with Gasteiger partial charge in [-0.15, -0.1) is 0 Å². The zero-order valence-corrected chi connectivity index (χ0v) is 67.8. The predicted molar refractivity (Wildman–Crippen MR) is 442 cm³/mol. The number of nitrogens with one attached hydrogen (secondary N) is 8. The summed E-state index contributed by atoms with van der Waals surface area (Å²) < 4.78 is 0. The van der Waals surface area contributed by atoms with Gasteiger partial charge in [-0.3, -0.25) is 62.3 Å².